The monoisotopic (exact) mass is 581 g/mol. The van der Waals surface area contributed by atoms with E-state index in [4.69, 9.17) is 9.47 Å². The van der Waals surface area contributed by atoms with Crippen molar-refractivity contribution in [3.05, 3.63) is 96.6 Å². The number of benzene rings is 3. The second-order valence-corrected chi connectivity index (χ2v) is 11.2. The molecule has 1 saturated heterocycles. The Kier molecular flexibility index (Phi) is 7.77. The molecule has 3 aliphatic rings. The summed E-state index contributed by atoms with van der Waals surface area (Å²) in [4.78, 5) is 45.7. The maximum Gasteiger partial charge on any atom is 0.269 e. The van der Waals surface area contributed by atoms with Crippen LogP contribution in [0.4, 0.5) is 17.1 Å². The third-order valence-corrected chi connectivity index (χ3v) is 8.51. The summed E-state index contributed by atoms with van der Waals surface area (Å²) in [5, 5.41) is 9.65. The summed E-state index contributed by atoms with van der Waals surface area (Å²) in [6.45, 7) is 6.45. The number of hydrogen-bond acceptors (Lipinski definition) is 6. The van der Waals surface area contributed by atoms with Crippen molar-refractivity contribution >= 4 is 34.8 Å². The predicted molar refractivity (Wildman–Crippen MR) is 162 cm³/mol. The molecule has 1 fully saturated rings. The first-order valence-corrected chi connectivity index (χ1v) is 14.6. The van der Waals surface area contributed by atoms with Crippen LogP contribution in [0.1, 0.15) is 30.9 Å². The van der Waals surface area contributed by atoms with Crippen molar-refractivity contribution in [3.8, 4) is 5.75 Å². The molecule has 3 amide bonds. The lowest BCUT2D eigenvalue weighted by Gasteiger charge is -2.31. The van der Waals surface area contributed by atoms with Gasteiger partial charge in [-0.25, -0.2) is 0 Å². The Morgan fingerprint density at radius 2 is 1.86 bits per heavy atom. The van der Waals surface area contributed by atoms with E-state index in [1.165, 1.54) is 0 Å². The van der Waals surface area contributed by atoms with E-state index in [2.05, 4.69) is 6.58 Å². The largest absolute Gasteiger partial charge is 0.482 e. The summed E-state index contributed by atoms with van der Waals surface area (Å²) in [6, 6.07) is 22.5. The highest BCUT2D eigenvalue weighted by atomic mass is 16.5. The zero-order chi connectivity index (χ0) is 30.1. The molecule has 0 radical (unpaired) electrons. The summed E-state index contributed by atoms with van der Waals surface area (Å²) in [6.07, 6.45) is 1.75. The Labute approximate surface area is 250 Å². The van der Waals surface area contributed by atoms with E-state index in [1.54, 1.807) is 20.8 Å². The molecule has 3 aromatic carbocycles. The maximum absolute atomic E-state index is 14.2. The number of para-hydroxylation sites is 2. The van der Waals surface area contributed by atoms with Gasteiger partial charge in [-0.3, -0.25) is 19.3 Å². The molecule has 9 heteroatoms. The van der Waals surface area contributed by atoms with Crippen molar-refractivity contribution < 1.29 is 29.0 Å². The molecule has 0 unspecified atom stereocenters. The lowest BCUT2D eigenvalue weighted by Crippen LogP contribution is -2.44. The number of nitrogens with zero attached hydrogens (tertiary/aromatic N) is 3. The van der Waals surface area contributed by atoms with Crippen LogP contribution < -0.4 is 14.5 Å². The summed E-state index contributed by atoms with van der Waals surface area (Å²) < 4.78 is 12.3. The molecular weight excluding hydrogens is 546 g/mol. The molecule has 43 heavy (non-hydrogen) atoms. The predicted octanol–water partition coefficient (Wildman–Crippen LogP) is 4.31. The molecule has 1 spiro atoms. The van der Waals surface area contributed by atoms with Crippen LogP contribution in [-0.4, -0.2) is 60.1 Å². The summed E-state index contributed by atoms with van der Waals surface area (Å²) in [7, 11) is 0. The number of carbonyl (C=O) groups is 3. The Morgan fingerprint density at radius 3 is 2.63 bits per heavy atom. The molecule has 0 aliphatic carbocycles. The molecule has 0 aromatic heterocycles. The molecule has 3 aromatic rings. The topological polar surface area (TPSA) is 99.6 Å². The number of fused-ring (bicyclic) bond motifs is 3. The molecule has 1 N–H and O–H groups in total. The van der Waals surface area contributed by atoms with Gasteiger partial charge in [-0.1, -0.05) is 55.5 Å². The highest BCUT2D eigenvalue weighted by Gasteiger charge is 2.60. The minimum absolute atomic E-state index is 0.0814. The van der Waals surface area contributed by atoms with Crippen LogP contribution in [0.25, 0.3) is 0 Å². The van der Waals surface area contributed by atoms with Gasteiger partial charge < -0.3 is 24.4 Å². The van der Waals surface area contributed by atoms with Crippen molar-refractivity contribution in [2.45, 2.75) is 38.0 Å². The smallest absolute Gasteiger partial charge is 0.269 e. The van der Waals surface area contributed by atoms with E-state index < -0.39 is 11.7 Å². The number of aliphatic hydroxyl groups excluding tert-OH is 1. The van der Waals surface area contributed by atoms with Gasteiger partial charge in [0.15, 0.2) is 12.2 Å². The second kappa shape index (κ2) is 11.7. The number of aliphatic hydroxyl groups is 1. The fourth-order valence-electron chi connectivity index (χ4n) is 6.56. The van der Waals surface area contributed by atoms with E-state index in [0.29, 0.717) is 47.9 Å². The van der Waals surface area contributed by atoms with Crippen LogP contribution in [0.15, 0.2) is 85.5 Å². The first kappa shape index (κ1) is 28.6. The van der Waals surface area contributed by atoms with Crippen molar-refractivity contribution in [2.24, 2.45) is 5.92 Å². The van der Waals surface area contributed by atoms with E-state index in [-0.39, 0.29) is 49.8 Å². The first-order valence-electron chi connectivity index (χ1n) is 14.6. The normalized spacial score (nSPS) is 22.4. The van der Waals surface area contributed by atoms with E-state index >= 15 is 0 Å². The fourth-order valence-corrected chi connectivity index (χ4v) is 6.56. The maximum atomic E-state index is 14.2. The van der Waals surface area contributed by atoms with Crippen LogP contribution in [0.2, 0.25) is 0 Å². The zero-order valence-electron chi connectivity index (χ0n) is 24.1. The quantitative estimate of drug-likeness (QED) is 0.378. The number of ether oxygens (including phenoxy) is 2. The average molecular weight is 582 g/mol. The molecule has 9 nitrogen and oxygen atoms in total. The van der Waals surface area contributed by atoms with Gasteiger partial charge in [-0.15, -0.1) is 6.58 Å². The average Bonchev–Trinajstić information content (AvgIpc) is 3.46. The van der Waals surface area contributed by atoms with Gasteiger partial charge in [0, 0.05) is 36.8 Å². The lowest BCUT2D eigenvalue weighted by molar-refractivity contribution is -0.149. The third-order valence-electron chi connectivity index (χ3n) is 8.51. The molecule has 3 aliphatic heterocycles. The molecule has 6 rings (SSSR count). The van der Waals surface area contributed by atoms with Gasteiger partial charge in [0.25, 0.3) is 11.8 Å². The number of hydrogen-bond donors (Lipinski definition) is 1. The molecule has 0 saturated carbocycles. The molecule has 222 valence electrons. The van der Waals surface area contributed by atoms with Crippen molar-refractivity contribution in [2.75, 3.05) is 36.1 Å². The summed E-state index contributed by atoms with van der Waals surface area (Å²) in [5.74, 6) is -0.202. The Morgan fingerprint density at radius 1 is 1.09 bits per heavy atom. The minimum atomic E-state index is -1.31. The van der Waals surface area contributed by atoms with Gasteiger partial charge in [0.2, 0.25) is 5.91 Å². The van der Waals surface area contributed by atoms with Crippen LogP contribution in [0.3, 0.4) is 0 Å². The zero-order valence-corrected chi connectivity index (χ0v) is 24.1. The standard InChI is InChI=1S/C34H35N3O6/c1-3-15-36-28-14-13-25(37-29-11-7-8-12-30(29)42-22-32(37)40)19-27(28)34(33(36)41)23(2)18-26(43-34)20-31(39)35(16-17-38)21-24-9-5-4-6-10-24/h3-14,19,23,26,38H,1,15-18,20-22H2,2H3/t23-,26-,34+/m1/s1. The minimum Gasteiger partial charge on any atom is -0.482 e. The molecule has 3 atom stereocenters. The Balaban J connectivity index is 1.32. The summed E-state index contributed by atoms with van der Waals surface area (Å²) in [5.41, 5.74) is 2.27. The number of rotatable bonds is 9. The van der Waals surface area contributed by atoms with Gasteiger partial charge in [0.1, 0.15) is 5.75 Å². The van der Waals surface area contributed by atoms with Crippen molar-refractivity contribution in [3.63, 3.8) is 0 Å². The first-order chi connectivity index (χ1) is 20.9. The fraction of sp³-hybridized carbons (Fsp3) is 0.324. The Bertz CT molecular complexity index is 1560. The van der Waals surface area contributed by atoms with Crippen LogP contribution in [0, 0.1) is 5.92 Å². The van der Waals surface area contributed by atoms with Gasteiger partial charge >= 0.3 is 0 Å². The van der Waals surface area contributed by atoms with Crippen LogP contribution >= 0.6 is 0 Å². The molecule has 3 heterocycles. The summed E-state index contributed by atoms with van der Waals surface area (Å²) >= 11 is 0. The molecular formula is C34H35N3O6. The van der Waals surface area contributed by atoms with Gasteiger partial charge in [0.05, 0.1) is 30.5 Å². The van der Waals surface area contributed by atoms with Crippen LogP contribution in [0.5, 0.6) is 5.75 Å². The van der Waals surface area contributed by atoms with Gasteiger partial charge in [-0.05, 0) is 42.3 Å². The van der Waals surface area contributed by atoms with E-state index in [1.807, 2.05) is 79.7 Å². The van der Waals surface area contributed by atoms with Gasteiger partial charge in [-0.2, -0.15) is 0 Å². The van der Waals surface area contributed by atoms with E-state index in [9.17, 15) is 19.5 Å². The molecule has 0 bridgehead atoms. The number of anilines is 3. The highest BCUT2D eigenvalue weighted by molar-refractivity contribution is 6.10. The van der Waals surface area contributed by atoms with Crippen molar-refractivity contribution in [1.29, 1.82) is 0 Å². The Hall–Kier alpha value is -4.47. The SMILES string of the molecule is C=CCN1C(=O)[C@@]2(O[C@@H](CC(=O)N(CCO)Cc3ccccc3)C[C@H]2C)c2cc(N3C(=O)COc4ccccc43)ccc21. The van der Waals surface area contributed by atoms with E-state index in [0.717, 1.165) is 5.56 Å². The van der Waals surface area contributed by atoms with Crippen LogP contribution in [-0.2, 0) is 31.3 Å². The number of carbonyl (C=O) groups excluding carboxylic acids is 3. The van der Waals surface area contributed by atoms with Crippen molar-refractivity contribution in [1.82, 2.24) is 4.90 Å². The highest BCUT2D eigenvalue weighted by Crippen LogP contribution is 2.55. The lowest BCUT2D eigenvalue weighted by atomic mass is 9.82. The third kappa shape index (κ3) is 4.98. The number of amides is 3. The second-order valence-electron chi connectivity index (χ2n) is 11.2.